The molecule has 0 saturated heterocycles. The summed E-state index contributed by atoms with van der Waals surface area (Å²) < 4.78 is 18.7. The van der Waals surface area contributed by atoms with Gasteiger partial charge in [0, 0.05) is 6.20 Å². The number of hydrogen-bond donors (Lipinski definition) is 1. The predicted molar refractivity (Wildman–Crippen MR) is 60.5 cm³/mol. The molecule has 17 heavy (non-hydrogen) atoms. The van der Waals surface area contributed by atoms with Gasteiger partial charge in [0.1, 0.15) is 35.0 Å². The third kappa shape index (κ3) is 3.22. The molecule has 0 aliphatic rings. The van der Waals surface area contributed by atoms with E-state index < -0.39 is 5.82 Å². The van der Waals surface area contributed by atoms with Gasteiger partial charge < -0.3 is 10.1 Å². The van der Waals surface area contributed by atoms with Crippen LogP contribution >= 0.6 is 0 Å². The molecule has 1 rings (SSSR count). The molecular weight excluding hydrogens is 221 g/mol. The van der Waals surface area contributed by atoms with Crippen molar-refractivity contribution in [1.82, 2.24) is 0 Å². The second-order valence-corrected chi connectivity index (χ2v) is 2.97. The fourth-order valence-electron chi connectivity index (χ4n) is 1.15. The number of allylic oxidation sites excluding steroid dienone is 1. The van der Waals surface area contributed by atoms with Gasteiger partial charge in [-0.1, -0.05) is 6.07 Å². The highest BCUT2D eigenvalue weighted by atomic mass is 19.1. The summed E-state index contributed by atoms with van der Waals surface area (Å²) in [4.78, 5) is 0. The smallest absolute Gasteiger partial charge is 0.150 e. The molecular formula is C12H10FN3O. The first kappa shape index (κ1) is 12.5. The number of rotatable bonds is 4. The van der Waals surface area contributed by atoms with Crippen molar-refractivity contribution in [1.29, 1.82) is 10.5 Å². The van der Waals surface area contributed by atoms with Crippen LogP contribution in [0.4, 0.5) is 10.1 Å². The molecule has 0 spiro atoms. The van der Waals surface area contributed by atoms with Crippen molar-refractivity contribution in [3.63, 3.8) is 0 Å². The molecule has 0 unspecified atom stereocenters. The Balaban J connectivity index is 3.02. The van der Waals surface area contributed by atoms with Gasteiger partial charge in [-0.3, -0.25) is 0 Å². The number of ether oxygens (including phenoxy) is 1. The number of para-hydroxylation sites is 1. The van der Waals surface area contributed by atoms with Crippen LogP contribution in [-0.4, -0.2) is 6.61 Å². The van der Waals surface area contributed by atoms with Crippen molar-refractivity contribution >= 4 is 5.69 Å². The zero-order valence-corrected chi connectivity index (χ0v) is 9.20. The minimum Gasteiger partial charge on any atom is -0.492 e. The third-order valence-electron chi connectivity index (χ3n) is 1.88. The van der Waals surface area contributed by atoms with E-state index in [1.807, 2.05) is 0 Å². The molecule has 1 aromatic carbocycles. The summed E-state index contributed by atoms with van der Waals surface area (Å²) in [6.45, 7) is 2.17. The van der Waals surface area contributed by atoms with Crippen molar-refractivity contribution in [3.05, 3.63) is 35.8 Å². The quantitative estimate of drug-likeness (QED) is 0.808. The lowest BCUT2D eigenvalue weighted by Gasteiger charge is -2.10. The van der Waals surface area contributed by atoms with E-state index >= 15 is 0 Å². The van der Waals surface area contributed by atoms with Crippen molar-refractivity contribution in [3.8, 4) is 17.9 Å². The predicted octanol–water partition coefficient (Wildman–Crippen LogP) is 2.57. The van der Waals surface area contributed by atoms with Crippen molar-refractivity contribution in [2.45, 2.75) is 6.92 Å². The monoisotopic (exact) mass is 231 g/mol. The normalized spacial score (nSPS) is 8.71. The third-order valence-corrected chi connectivity index (χ3v) is 1.88. The van der Waals surface area contributed by atoms with Gasteiger partial charge in [-0.05, 0) is 19.1 Å². The Morgan fingerprint density at radius 2 is 2.18 bits per heavy atom. The largest absolute Gasteiger partial charge is 0.492 e. The molecule has 0 aliphatic heterocycles. The molecule has 0 atom stereocenters. The number of halogens is 1. The maximum Gasteiger partial charge on any atom is 0.150 e. The van der Waals surface area contributed by atoms with Crippen LogP contribution in [0.3, 0.4) is 0 Å². The standard InChI is InChI=1S/C12H10FN3O/c1-2-17-11-5-3-4-10(13)12(11)16-8-9(6-14)7-15/h3-5,8,16H,2H2,1H3. The summed E-state index contributed by atoms with van der Waals surface area (Å²) in [5.74, 6) is -0.179. The summed E-state index contributed by atoms with van der Waals surface area (Å²) in [5, 5.41) is 19.6. The molecule has 0 heterocycles. The molecule has 4 nitrogen and oxygen atoms in total. The van der Waals surface area contributed by atoms with Crippen LogP contribution in [0.5, 0.6) is 5.75 Å². The second-order valence-electron chi connectivity index (χ2n) is 2.97. The van der Waals surface area contributed by atoms with E-state index in [4.69, 9.17) is 15.3 Å². The molecule has 1 N–H and O–H groups in total. The Hall–Kier alpha value is -2.53. The first-order valence-electron chi connectivity index (χ1n) is 4.91. The average Bonchev–Trinajstić information content (AvgIpc) is 2.33. The number of nitriles is 2. The van der Waals surface area contributed by atoms with Crippen molar-refractivity contribution < 1.29 is 9.13 Å². The zero-order chi connectivity index (χ0) is 12.7. The Morgan fingerprint density at radius 3 is 2.76 bits per heavy atom. The summed E-state index contributed by atoms with van der Waals surface area (Å²) in [5.41, 5.74) is -0.0342. The summed E-state index contributed by atoms with van der Waals surface area (Å²) in [6.07, 6.45) is 1.14. The number of nitrogens with zero attached hydrogens (tertiary/aromatic N) is 2. The fourth-order valence-corrected chi connectivity index (χ4v) is 1.15. The van der Waals surface area contributed by atoms with Crippen molar-refractivity contribution in [2.75, 3.05) is 11.9 Å². The lowest BCUT2D eigenvalue weighted by molar-refractivity contribution is 0.340. The van der Waals surface area contributed by atoms with E-state index in [-0.39, 0.29) is 11.3 Å². The molecule has 0 fully saturated rings. The van der Waals surface area contributed by atoms with Crippen LogP contribution in [0.25, 0.3) is 0 Å². The number of anilines is 1. The molecule has 5 heteroatoms. The van der Waals surface area contributed by atoms with E-state index in [1.54, 1.807) is 25.1 Å². The Kier molecular flexibility index (Phi) is 4.53. The van der Waals surface area contributed by atoms with Gasteiger partial charge in [0.2, 0.25) is 0 Å². The number of hydrogen-bond acceptors (Lipinski definition) is 4. The van der Waals surface area contributed by atoms with Gasteiger partial charge in [0.15, 0.2) is 0 Å². The number of nitrogens with one attached hydrogen (secondary N) is 1. The van der Waals surface area contributed by atoms with E-state index in [2.05, 4.69) is 5.32 Å². The van der Waals surface area contributed by atoms with Crippen LogP contribution in [-0.2, 0) is 0 Å². The highest BCUT2D eigenvalue weighted by Gasteiger charge is 2.08. The maximum atomic E-state index is 13.5. The fraction of sp³-hybridized carbons (Fsp3) is 0.167. The first-order valence-corrected chi connectivity index (χ1v) is 4.91. The summed E-state index contributed by atoms with van der Waals surface area (Å²) in [6, 6.07) is 7.71. The van der Waals surface area contributed by atoms with Gasteiger partial charge in [-0.25, -0.2) is 4.39 Å². The Labute approximate surface area is 98.5 Å². The van der Waals surface area contributed by atoms with Crippen LogP contribution in [0.15, 0.2) is 30.0 Å². The molecule has 0 radical (unpaired) electrons. The van der Waals surface area contributed by atoms with Gasteiger partial charge in [-0.2, -0.15) is 10.5 Å². The highest BCUT2D eigenvalue weighted by Crippen LogP contribution is 2.27. The summed E-state index contributed by atoms with van der Waals surface area (Å²) >= 11 is 0. The second kappa shape index (κ2) is 6.14. The van der Waals surface area contributed by atoms with Gasteiger partial charge in [0.25, 0.3) is 0 Å². The van der Waals surface area contributed by atoms with E-state index in [1.165, 1.54) is 12.1 Å². The summed E-state index contributed by atoms with van der Waals surface area (Å²) in [7, 11) is 0. The lowest BCUT2D eigenvalue weighted by Crippen LogP contribution is -2.00. The Morgan fingerprint density at radius 1 is 1.47 bits per heavy atom. The van der Waals surface area contributed by atoms with Crippen LogP contribution in [0.1, 0.15) is 6.92 Å². The molecule has 0 aliphatic carbocycles. The lowest BCUT2D eigenvalue weighted by atomic mass is 10.2. The van der Waals surface area contributed by atoms with Crippen LogP contribution in [0, 0.1) is 28.5 Å². The molecule has 0 saturated carbocycles. The number of benzene rings is 1. The van der Waals surface area contributed by atoms with Crippen molar-refractivity contribution in [2.24, 2.45) is 0 Å². The van der Waals surface area contributed by atoms with E-state index in [9.17, 15) is 4.39 Å². The molecule has 0 aromatic heterocycles. The SMILES string of the molecule is CCOc1cccc(F)c1NC=C(C#N)C#N. The van der Waals surface area contributed by atoms with E-state index in [0.717, 1.165) is 6.20 Å². The van der Waals surface area contributed by atoms with Gasteiger partial charge in [-0.15, -0.1) is 0 Å². The highest BCUT2D eigenvalue weighted by molar-refractivity contribution is 5.60. The van der Waals surface area contributed by atoms with Crippen LogP contribution < -0.4 is 10.1 Å². The Bertz CT molecular complexity index is 495. The van der Waals surface area contributed by atoms with E-state index in [0.29, 0.717) is 12.4 Å². The topological polar surface area (TPSA) is 68.8 Å². The molecule has 0 amide bonds. The minimum absolute atomic E-state index is 0.109. The molecule has 0 bridgehead atoms. The zero-order valence-electron chi connectivity index (χ0n) is 9.20. The van der Waals surface area contributed by atoms with Gasteiger partial charge >= 0.3 is 0 Å². The molecule has 1 aromatic rings. The minimum atomic E-state index is -0.512. The maximum absolute atomic E-state index is 13.5. The average molecular weight is 231 g/mol. The van der Waals surface area contributed by atoms with Gasteiger partial charge in [0.05, 0.1) is 6.61 Å². The van der Waals surface area contributed by atoms with Crippen LogP contribution in [0.2, 0.25) is 0 Å². The molecule has 86 valence electrons. The first-order chi connectivity index (χ1) is 8.22.